The molecule has 0 saturated carbocycles. The lowest BCUT2D eigenvalue weighted by Gasteiger charge is -2.07. The maximum atomic E-state index is 9.64. The van der Waals surface area contributed by atoms with Gasteiger partial charge in [-0.3, -0.25) is 4.99 Å². The number of rotatable bonds is 3. The molecule has 2 heteroatoms. The third kappa shape index (κ3) is 2.98. The fourth-order valence-electron chi connectivity index (χ4n) is 1.72. The van der Waals surface area contributed by atoms with Crippen LogP contribution >= 0.6 is 0 Å². The van der Waals surface area contributed by atoms with Crippen LogP contribution in [0.5, 0.6) is 5.75 Å². The molecule has 0 aromatic heterocycles. The summed E-state index contributed by atoms with van der Waals surface area (Å²) in [5, 5.41) is 9.64. The Hall–Kier alpha value is -2.09. The van der Waals surface area contributed by atoms with Crippen LogP contribution in [0.15, 0.2) is 53.5 Å². The van der Waals surface area contributed by atoms with Gasteiger partial charge in [-0.2, -0.15) is 0 Å². The highest BCUT2D eigenvalue weighted by molar-refractivity contribution is 5.83. The molecule has 0 fully saturated rings. The molecule has 0 aliphatic rings. The fraction of sp³-hybridized carbons (Fsp3) is 0.188. The van der Waals surface area contributed by atoms with Crippen molar-refractivity contribution in [1.82, 2.24) is 0 Å². The first kappa shape index (κ1) is 12.4. The SMILES string of the molecule is Cc1ccc([C@@H](C)N=Cc2ccccc2O)cc1. The molecule has 2 aromatic carbocycles. The first-order chi connectivity index (χ1) is 8.66. The number of aryl methyl sites for hydroxylation is 1. The molecule has 2 aromatic rings. The van der Waals surface area contributed by atoms with E-state index < -0.39 is 0 Å². The highest BCUT2D eigenvalue weighted by atomic mass is 16.3. The zero-order valence-electron chi connectivity index (χ0n) is 10.7. The van der Waals surface area contributed by atoms with Gasteiger partial charge >= 0.3 is 0 Å². The number of aliphatic imine (C=N–C) groups is 1. The zero-order chi connectivity index (χ0) is 13.0. The van der Waals surface area contributed by atoms with Crippen molar-refractivity contribution in [2.45, 2.75) is 19.9 Å². The van der Waals surface area contributed by atoms with Gasteiger partial charge in [0.1, 0.15) is 5.75 Å². The first-order valence-corrected chi connectivity index (χ1v) is 6.04. The van der Waals surface area contributed by atoms with Gasteiger partial charge in [-0.1, -0.05) is 42.0 Å². The number of phenols is 1. The lowest BCUT2D eigenvalue weighted by atomic mass is 10.1. The van der Waals surface area contributed by atoms with Crippen LogP contribution in [-0.2, 0) is 0 Å². The van der Waals surface area contributed by atoms with Crippen LogP contribution in [-0.4, -0.2) is 11.3 Å². The summed E-state index contributed by atoms with van der Waals surface area (Å²) in [5.74, 6) is 0.261. The van der Waals surface area contributed by atoms with E-state index in [0.717, 1.165) is 5.56 Å². The van der Waals surface area contributed by atoms with Gasteiger partial charge in [-0.05, 0) is 31.5 Å². The molecule has 0 unspecified atom stereocenters. The molecule has 2 nitrogen and oxygen atoms in total. The van der Waals surface area contributed by atoms with Crippen LogP contribution in [0.1, 0.15) is 29.7 Å². The summed E-state index contributed by atoms with van der Waals surface area (Å²) in [6, 6.07) is 15.6. The topological polar surface area (TPSA) is 32.6 Å². The molecule has 0 aliphatic carbocycles. The summed E-state index contributed by atoms with van der Waals surface area (Å²) in [4.78, 5) is 4.47. The van der Waals surface area contributed by atoms with E-state index >= 15 is 0 Å². The lowest BCUT2D eigenvalue weighted by molar-refractivity contribution is 0.474. The van der Waals surface area contributed by atoms with Crippen molar-refractivity contribution >= 4 is 6.21 Å². The molecule has 0 bridgehead atoms. The highest BCUT2D eigenvalue weighted by Crippen LogP contribution is 2.19. The van der Waals surface area contributed by atoms with Crippen molar-refractivity contribution in [1.29, 1.82) is 0 Å². The third-order valence-electron chi connectivity index (χ3n) is 2.93. The van der Waals surface area contributed by atoms with E-state index in [4.69, 9.17) is 0 Å². The summed E-state index contributed by atoms with van der Waals surface area (Å²) in [6.45, 7) is 4.11. The van der Waals surface area contributed by atoms with Gasteiger partial charge in [-0.25, -0.2) is 0 Å². The second-order valence-corrected chi connectivity index (χ2v) is 4.42. The Morgan fingerprint density at radius 2 is 1.72 bits per heavy atom. The van der Waals surface area contributed by atoms with Gasteiger partial charge in [0.2, 0.25) is 0 Å². The van der Waals surface area contributed by atoms with Gasteiger partial charge < -0.3 is 5.11 Å². The summed E-state index contributed by atoms with van der Waals surface area (Å²) in [5.41, 5.74) is 3.17. The maximum absolute atomic E-state index is 9.64. The molecule has 1 atom stereocenters. The minimum Gasteiger partial charge on any atom is -0.507 e. The molecule has 0 spiro atoms. The number of phenolic OH excluding ortho intramolecular Hbond substituents is 1. The van der Waals surface area contributed by atoms with Crippen LogP contribution in [0, 0.1) is 6.92 Å². The van der Waals surface area contributed by atoms with Crippen molar-refractivity contribution in [2.75, 3.05) is 0 Å². The van der Waals surface area contributed by atoms with Crippen molar-refractivity contribution in [3.05, 3.63) is 65.2 Å². The monoisotopic (exact) mass is 239 g/mol. The Labute approximate surface area is 108 Å². The lowest BCUT2D eigenvalue weighted by Crippen LogP contribution is -1.91. The average molecular weight is 239 g/mol. The second-order valence-electron chi connectivity index (χ2n) is 4.42. The predicted molar refractivity (Wildman–Crippen MR) is 75.3 cm³/mol. The quantitative estimate of drug-likeness (QED) is 0.810. The Morgan fingerprint density at radius 3 is 2.39 bits per heavy atom. The molecule has 0 amide bonds. The molecule has 1 N–H and O–H groups in total. The molecule has 18 heavy (non-hydrogen) atoms. The summed E-state index contributed by atoms with van der Waals surface area (Å²) >= 11 is 0. The average Bonchev–Trinajstić information content (AvgIpc) is 2.38. The van der Waals surface area contributed by atoms with E-state index in [1.54, 1.807) is 18.3 Å². The van der Waals surface area contributed by atoms with E-state index in [0.29, 0.717) is 0 Å². The van der Waals surface area contributed by atoms with Crippen molar-refractivity contribution in [3.63, 3.8) is 0 Å². The number of hydrogen-bond acceptors (Lipinski definition) is 2. The molecule has 2 rings (SSSR count). The molecule has 0 aliphatic heterocycles. The van der Waals surface area contributed by atoms with Crippen molar-refractivity contribution in [2.24, 2.45) is 4.99 Å². The summed E-state index contributed by atoms with van der Waals surface area (Å²) < 4.78 is 0. The zero-order valence-corrected chi connectivity index (χ0v) is 10.7. The summed E-state index contributed by atoms with van der Waals surface area (Å²) in [6.07, 6.45) is 1.72. The molecular weight excluding hydrogens is 222 g/mol. The van der Waals surface area contributed by atoms with E-state index in [1.807, 2.05) is 19.1 Å². The van der Waals surface area contributed by atoms with Crippen LogP contribution in [0.2, 0.25) is 0 Å². The molecule has 92 valence electrons. The third-order valence-corrected chi connectivity index (χ3v) is 2.93. The van der Waals surface area contributed by atoms with Crippen molar-refractivity contribution in [3.8, 4) is 5.75 Å². The molecule has 0 saturated heterocycles. The Balaban J connectivity index is 2.14. The molecular formula is C16H17NO. The largest absolute Gasteiger partial charge is 0.507 e. The van der Waals surface area contributed by atoms with Gasteiger partial charge in [0.15, 0.2) is 0 Å². The number of aromatic hydroxyl groups is 1. The normalized spacial score (nSPS) is 12.8. The highest BCUT2D eigenvalue weighted by Gasteiger charge is 2.02. The van der Waals surface area contributed by atoms with Crippen LogP contribution in [0.25, 0.3) is 0 Å². The minimum absolute atomic E-state index is 0.0882. The van der Waals surface area contributed by atoms with Crippen molar-refractivity contribution < 1.29 is 5.11 Å². The Kier molecular flexibility index (Phi) is 3.78. The fourth-order valence-corrected chi connectivity index (χ4v) is 1.72. The van der Waals surface area contributed by atoms with Gasteiger partial charge in [0, 0.05) is 11.8 Å². The van der Waals surface area contributed by atoms with Gasteiger partial charge in [0.05, 0.1) is 6.04 Å². The van der Waals surface area contributed by atoms with E-state index in [2.05, 4.69) is 36.2 Å². The predicted octanol–water partition coefficient (Wildman–Crippen LogP) is 3.88. The maximum Gasteiger partial charge on any atom is 0.124 e. The first-order valence-electron chi connectivity index (χ1n) is 6.04. The minimum atomic E-state index is 0.0882. The Morgan fingerprint density at radius 1 is 1.06 bits per heavy atom. The number of nitrogens with zero attached hydrogens (tertiary/aromatic N) is 1. The second kappa shape index (κ2) is 5.50. The molecule has 0 radical (unpaired) electrons. The smallest absolute Gasteiger partial charge is 0.124 e. The Bertz CT molecular complexity index is 543. The van der Waals surface area contributed by atoms with E-state index in [1.165, 1.54) is 11.1 Å². The standard InChI is InChI=1S/C16H17NO/c1-12-7-9-14(10-8-12)13(2)17-11-15-5-3-4-6-16(15)18/h3-11,13,18H,1-2H3/t13-/m1/s1. The van der Waals surface area contributed by atoms with Crippen LogP contribution in [0.4, 0.5) is 0 Å². The number of para-hydroxylation sites is 1. The van der Waals surface area contributed by atoms with E-state index in [9.17, 15) is 5.11 Å². The van der Waals surface area contributed by atoms with E-state index in [-0.39, 0.29) is 11.8 Å². The molecule has 0 heterocycles. The van der Waals surface area contributed by atoms with Crippen LogP contribution < -0.4 is 0 Å². The van der Waals surface area contributed by atoms with Crippen LogP contribution in [0.3, 0.4) is 0 Å². The van der Waals surface area contributed by atoms with Gasteiger partial charge in [0.25, 0.3) is 0 Å². The van der Waals surface area contributed by atoms with Gasteiger partial charge in [-0.15, -0.1) is 0 Å². The number of hydrogen-bond donors (Lipinski definition) is 1. The summed E-state index contributed by atoms with van der Waals surface area (Å²) in [7, 11) is 0. The number of benzene rings is 2.